The second kappa shape index (κ2) is 14.7. The number of aliphatic hydroxyl groups is 1. The van der Waals surface area contributed by atoms with Gasteiger partial charge in [-0.3, -0.25) is 33.6 Å². The minimum atomic E-state index is -2.43. The van der Waals surface area contributed by atoms with Crippen LogP contribution in [0.3, 0.4) is 0 Å². The summed E-state index contributed by atoms with van der Waals surface area (Å²) in [6.45, 7) is 11.3. The van der Waals surface area contributed by atoms with Gasteiger partial charge in [-0.2, -0.15) is 0 Å². The zero-order chi connectivity index (χ0) is 38.2. The van der Waals surface area contributed by atoms with E-state index < -0.39 is 107 Å². The van der Waals surface area contributed by atoms with Crippen molar-refractivity contribution >= 4 is 41.8 Å². The Morgan fingerprint density at radius 1 is 0.863 bits per heavy atom. The fourth-order valence-electron chi connectivity index (χ4n) is 7.63. The molecular formula is C35H46O16. The first-order chi connectivity index (χ1) is 23.7. The van der Waals surface area contributed by atoms with Crippen LogP contribution in [0.4, 0.5) is 0 Å². The molecule has 1 N–H and O–H groups in total. The number of ether oxygens (including phenoxy) is 8. The van der Waals surface area contributed by atoms with Crippen LogP contribution in [0, 0.1) is 23.2 Å². The molecule has 282 valence electrons. The molecular weight excluding hydrogens is 676 g/mol. The Kier molecular flexibility index (Phi) is 11.4. The number of fused-ring (bicyclic) bond motifs is 3. The largest absolute Gasteiger partial charge is 0.461 e. The van der Waals surface area contributed by atoms with Crippen molar-refractivity contribution in [1.29, 1.82) is 0 Å². The summed E-state index contributed by atoms with van der Waals surface area (Å²) in [6.07, 6.45) is -5.60. The van der Waals surface area contributed by atoms with Gasteiger partial charge in [0.2, 0.25) is 0 Å². The number of carbonyl (C=O) groups excluding carboxylic acids is 7. The van der Waals surface area contributed by atoms with Gasteiger partial charge < -0.3 is 43.0 Å². The molecule has 2 heterocycles. The molecule has 51 heavy (non-hydrogen) atoms. The minimum absolute atomic E-state index is 0.119. The molecule has 2 saturated heterocycles. The van der Waals surface area contributed by atoms with E-state index >= 15 is 0 Å². The maximum atomic E-state index is 13.6. The zero-order valence-electron chi connectivity index (χ0n) is 30.1. The number of esters is 7. The maximum Gasteiger partial charge on any atom is 0.312 e. The summed E-state index contributed by atoms with van der Waals surface area (Å²) in [7, 11) is 0. The van der Waals surface area contributed by atoms with E-state index in [1.54, 1.807) is 13.8 Å². The first kappa shape index (κ1) is 39.5. The van der Waals surface area contributed by atoms with Gasteiger partial charge in [0.05, 0.1) is 17.9 Å². The summed E-state index contributed by atoms with van der Waals surface area (Å²) in [6, 6.07) is 0. The highest BCUT2D eigenvalue weighted by atomic mass is 16.7. The third kappa shape index (κ3) is 7.66. The molecule has 16 nitrogen and oxygen atoms in total. The molecule has 16 heteroatoms. The molecule has 0 aromatic carbocycles. The highest BCUT2D eigenvalue weighted by molar-refractivity contribution is 5.78. The SMILES string of the molecule is CC(=O)OCC1=C[C@@H]2OC(=O)[C@H](C)[C@@]2(O)[C@@H](OC(C)=O)[C@H]2[C@@]3(CO3)[C@H](OC(C)=O)[C@H](OC(C)=O)[C@H](OC(=O)CC(C)C)[C@]2(C)[C@@H](OC(C)=O)C=C1. The Balaban J connectivity index is 2.16. The minimum Gasteiger partial charge on any atom is -0.461 e. The molecule has 2 aliphatic carbocycles. The number of epoxide rings is 1. The van der Waals surface area contributed by atoms with E-state index in [2.05, 4.69) is 0 Å². The molecule has 0 aromatic rings. The summed E-state index contributed by atoms with van der Waals surface area (Å²) in [5, 5.41) is 12.9. The van der Waals surface area contributed by atoms with Crippen LogP contribution < -0.4 is 0 Å². The van der Waals surface area contributed by atoms with Gasteiger partial charge in [0, 0.05) is 47.0 Å². The Labute approximate surface area is 295 Å². The van der Waals surface area contributed by atoms with E-state index in [0.717, 1.165) is 27.7 Å². The van der Waals surface area contributed by atoms with Crippen molar-refractivity contribution < 1.29 is 76.6 Å². The van der Waals surface area contributed by atoms with Gasteiger partial charge in [0.15, 0.2) is 30.0 Å². The van der Waals surface area contributed by atoms with E-state index in [4.69, 9.17) is 37.9 Å². The number of carbonyl (C=O) groups is 7. The van der Waals surface area contributed by atoms with Crippen LogP contribution in [0.25, 0.3) is 0 Å². The topological polar surface area (TPSA) is 217 Å². The van der Waals surface area contributed by atoms with Gasteiger partial charge in [-0.15, -0.1) is 0 Å². The average Bonchev–Trinajstić information content (AvgIpc) is 3.75. The van der Waals surface area contributed by atoms with Crippen LogP contribution in [0.1, 0.15) is 68.7 Å². The van der Waals surface area contributed by atoms with Crippen molar-refractivity contribution in [3.8, 4) is 0 Å². The van der Waals surface area contributed by atoms with Crippen molar-refractivity contribution in [3.05, 3.63) is 23.8 Å². The Morgan fingerprint density at radius 2 is 1.43 bits per heavy atom. The second-order valence-electron chi connectivity index (χ2n) is 14.1. The van der Waals surface area contributed by atoms with E-state index in [-0.39, 0.29) is 31.1 Å². The highest BCUT2D eigenvalue weighted by Crippen LogP contribution is 2.63. The molecule has 0 aromatic heterocycles. The van der Waals surface area contributed by atoms with Crippen LogP contribution in [-0.4, -0.2) is 108 Å². The lowest BCUT2D eigenvalue weighted by Gasteiger charge is -2.59. The lowest BCUT2D eigenvalue weighted by Crippen LogP contribution is -2.76. The number of hydrogen-bond acceptors (Lipinski definition) is 16. The molecule has 3 fully saturated rings. The molecule has 4 aliphatic rings. The first-order valence-corrected chi connectivity index (χ1v) is 16.7. The van der Waals surface area contributed by atoms with Crippen LogP contribution in [0.5, 0.6) is 0 Å². The van der Waals surface area contributed by atoms with Gasteiger partial charge >= 0.3 is 41.8 Å². The van der Waals surface area contributed by atoms with E-state index in [0.29, 0.717) is 0 Å². The molecule has 4 rings (SSSR count). The molecule has 0 radical (unpaired) electrons. The summed E-state index contributed by atoms with van der Waals surface area (Å²) < 4.78 is 46.6. The normalized spacial score (nSPS) is 36.8. The summed E-state index contributed by atoms with van der Waals surface area (Å²) in [5.74, 6) is -8.80. The Morgan fingerprint density at radius 3 is 1.94 bits per heavy atom. The Hall–Kier alpha value is -4.31. The highest BCUT2D eigenvalue weighted by Gasteiger charge is 2.81. The van der Waals surface area contributed by atoms with Gasteiger partial charge in [0.1, 0.15) is 24.4 Å². The first-order valence-electron chi connectivity index (χ1n) is 16.7. The van der Waals surface area contributed by atoms with Crippen molar-refractivity contribution in [2.24, 2.45) is 23.2 Å². The van der Waals surface area contributed by atoms with Gasteiger partial charge in [0.25, 0.3) is 0 Å². The standard InChI is InChI=1S/C35H46O16/c1-16(2)12-26(41)51-29-27(47-20(6)38)30(48-21(7)39)34(15-45-34)28-31(49-22(8)40)35(43)17(3)32(42)50-25(35)13-23(14-44-18(4)36)10-11-24(33(28,29)9)46-19(5)37/h10-11,13,16-17,24-25,27-31,43H,12,14-15H2,1-9H3/t17-,24-,25-,27+,28+,29-,30+,31-,33+,34-,35-/m0/s1. The molecule has 0 bridgehead atoms. The summed E-state index contributed by atoms with van der Waals surface area (Å²) >= 11 is 0. The summed E-state index contributed by atoms with van der Waals surface area (Å²) in [4.78, 5) is 90.1. The third-order valence-electron chi connectivity index (χ3n) is 9.79. The molecule has 1 saturated carbocycles. The molecule has 11 atom stereocenters. The van der Waals surface area contributed by atoms with Gasteiger partial charge in [-0.1, -0.05) is 26.8 Å². The second-order valence-corrected chi connectivity index (χ2v) is 14.1. The lowest BCUT2D eigenvalue weighted by atomic mass is 9.51. The van der Waals surface area contributed by atoms with Gasteiger partial charge in [-0.25, -0.2) is 0 Å². The third-order valence-corrected chi connectivity index (χ3v) is 9.79. The predicted octanol–water partition coefficient (Wildman–Crippen LogP) is 1.43. The van der Waals surface area contributed by atoms with Crippen LogP contribution in [0.15, 0.2) is 23.8 Å². The number of hydrogen-bond donors (Lipinski definition) is 1. The van der Waals surface area contributed by atoms with Crippen molar-refractivity contribution in [3.63, 3.8) is 0 Å². The quantitative estimate of drug-likeness (QED) is 0.202. The molecule has 1 spiro atoms. The van der Waals surface area contributed by atoms with Crippen LogP contribution in [0.2, 0.25) is 0 Å². The smallest absolute Gasteiger partial charge is 0.312 e. The fraction of sp³-hybridized carbons (Fsp3) is 0.686. The summed E-state index contributed by atoms with van der Waals surface area (Å²) in [5.41, 5.74) is -5.91. The monoisotopic (exact) mass is 722 g/mol. The maximum absolute atomic E-state index is 13.6. The molecule has 0 unspecified atom stereocenters. The average molecular weight is 723 g/mol. The zero-order valence-corrected chi connectivity index (χ0v) is 30.1. The van der Waals surface area contributed by atoms with E-state index in [1.807, 2.05) is 0 Å². The van der Waals surface area contributed by atoms with E-state index in [1.165, 1.54) is 39.0 Å². The van der Waals surface area contributed by atoms with Crippen LogP contribution >= 0.6 is 0 Å². The predicted molar refractivity (Wildman–Crippen MR) is 170 cm³/mol. The van der Waals surface area contributed by atoms with Crippen LogP contribution in [-0.2, 0) is 71.5 Å². The van der Waals surface area contributed by atoms with Gasteiger partial charge in [-0.05, 0) is 30.6 Å². The molecule has 0 amide bonds. The Bertz CT molecular complexity index is 1510. The lowest BCUT2D eigenvalue weighted by molar-refractivity contribution is -0.279. The van der Waals surface area contributed by atoms with Crippen molar-refractivity contribution in [2.45, 2.75) is 117 Å². The van der Waals surface area contributed by atoms with Crippen molar-refractivity contribution in [2.75, 3.05) is 13.2 Å². The fourth-order valence-corrected chi connectivity index (χ4v) is 7.63. The van der Waals surface area contributed by atoms with Crippen molar-refractivity contribution in [1.82, 2.24) is 0 Å². The number of rotatable bonds is 9. The van der Waals surface area contributed by atoms with E-state index in [9.17, 15) is 38.7 Å². The molecule has 2 aliphatic heterocycles.